The van der Waals surface area contributed by atoms with Crippen LogP contribution in [0, 0.1) is 40.3 Å². The Morgan fingerprint density at radius 1 is 1.11 bits per heavy atom. The van der Waals surface area contributed by atoms with Gasteiger partial charge in [0.1, 0.15) is 5.92 Å². The molecule has 0 radical (unpaired) electrons. The Hall–Kier alpha value is -3.42. The lowest BCUT2D eigenvalue weighted by molar-refractivity contribution is -0.199. The molecule has 240 valence electrons. The SMILES string of the molecule is CC(C)(C)NC(=O)C(C#N)Cc1ccc(F)c(OCCC(=O)N[C@@H](Cc2ccccc2)B2O[C@@H]3C[C@@H]4C[C@@H](C4(C)C)[C@]3(C)O2)c1. The maximum absolute atomic E-state index is 14.6. The number of rotatable bonds is 11. The Bertz CT molecular complexity index is 1440. The summed E-state index contributed by atoms with van der Waals surface area (Å²) >= 11 is 0. The van der Waals surface area contributed by atoms with Gasteiger partial charge in [-0.1, -0.05) is 50.2 Å². The average Bonchev–Trinajstić information content (AvgIpc) is 3.34. The van der Waals surface area contributed by atoms with E-state index in [0.717, 1.165) is 18.4 Å². The molecule has 3 aliphatic carbocycles. The van der Waals surface area contributed by atoms with Crippen molar-refractivity contribution in [2.45, 2.75) is 96.8 Å². The van der Waals surface area contributed by atoms with Gasteiger partial charge in [0.15, 0.2) is 11.6 Å². The zero-order chi connectivity index (χ0) is 32.6. The minimum absolute atomic E-state index is 0.00505. The van der Waals surface area contributed by atoms with Gasteiger partial charge >= 0.3 is 7.12 Å². The molecule has 1 heterocycles. The molecule has 6 atom stereocenters. The number of amides is 2. The van der Waals surface area contributed by atoms with E-state index in [9.17, 15) is 19.2 Å². The van der Waals surface area contributed by atoms with E-state index < -0.39 is 35.9 Å². The molecule has 2 N–H and O–H groups in total. The number of carbonyl (C=O) groups excluding carboxylic acids is 2. The van der Waals surface area contributed by atoms with E-state index in [0.29, 0.717) is 23.8 Å². The summed E-state index contributed by atoms with van der Waals surface area (Å²) < 4.78 is 33.5. The average molecular weight is 618 g/mol. The number of nitrogens with zero attached hydrogens (tertiary/aromatic N) is 1. The van der Waals surface area contributed by atoms with Gasteiger partial charge in [0.25, 0.3) is 0 Å². The summed E-state index contributed by atoms with van der Waals surface area (Å²) in [6.07, 6.45) is 2.73. The molecule has 1 unspecified atom stereocenters. The second-order valence-electron chi connectivity index (χ2n) is 14.7. The van der Waals surface area contributed by atoms with E-state index in [4.69, 9.17) is 14.0 Å². The van der Waals surface area contributed by atoms with Gasteiger partial charge in [-0.05, 0) is 93.9 Å². The normalized spacial score (nSPS) is 26.1. The van der Waals surface area contributed by atoms with Crippen LogP contribution < -0.4 is 15.4 Å². The van der Waals surface area contributed by atoms with Gasteiger partial charge in [-0.3, -0.25) is 9.59 Å². The summed E-state index contributed by atoms with van der Waals surface area (Å²) in [5, 5.41) is 15.5. The second-order valence-corrected chi connectivity index (χ2v) is 14.7. The van der Waals surface area contributed by atoms with Crippen molar-refractivity contribution < 1.29 is 28.0 Å². The molecule has 45 heavy (non-hydrogen) atoms. The molecule has 4 fully saturated rings. The molecular formula is C35H45BFN3O5. The fraction of sp³-hybridized carbons (Fsp3) is 0.571. The molecular weight excluding hydrogens is 572 g/mol. The van der Waals surface area contributed by atoms with Crippen LogP contribution in [0.3, 0.4) is 0 Å². The molecule has 2 aromatic carbocycles. The first kappa shape index (κ1) is 33.0. The summed E-state index contributed by atoms with van der Waals surface area (Å²) in [6.45, 7) is 12.3. The van der Waals surface area contributed by atoms with Crippen LogP contribution in [0.5, 0.6) is 5.75 Å². The predicted octanol–water partition coefficient (Wildman–Crippen LogP) is 5.19. The highest BCUT2D eigenvalue weighted by Crippen LogP contribution is 2.65. The fourth-order valence-electron chi connectivity index (χ4n) is 7.36. The molecule has 10 heteroatoms. The quantitative estimate of drug-likeness (QED) is 0.336. The van der Waals surface area contributed by atoms with Crippen molar-refractivity contribution in [2.75, 3.05) is 6.61 Å². The molecule has 1 aliphatic heterocycles. The lowest BCUT2D eigenvalue weighted by atomic mass is 9.43. The van der Waals surface area contributed by atoms with E-state index in [2.05, 4.69) is 31.4 Å². The zero-order valence-corrected chi connectivity index (χ0v) is 27.2. The molecule has 3 saturated carbocycles. The van der Waals surface area contributed by atoms with Crippen LogP contribution in [-0.4, -0.2) is 48.7 Å². The number of halogens is 1. The predicted molar refractivity (Wildman–Crippen MR) is 169 cm³/mol. The third kappa shape index (κ3) is 7.20. The van der Waals surface area contributed by atoms with Gasteiger partial charge in [-0.2, -0.15) is 5.26 Å². The molecule has 2 aromatic rings. The third-order valence-corrected chi connectivity index (χ3v) is 9.93. The van der Waals surface area contributed by atoms with Gasteiger partial charge in [-0.25, -0.2) is 4.39 Å². The number of benzene rings is 2. The summed E-state index contributed by atoms with van der Waals surface area (Å²) in [5.41, 5.74) is 0.974. The van der Waals surface area contributed by atoms with Crippen LogP contribution in [0.1, 0.15) is 71.9 Å². The van der Waals surface area contributed by atoms with Crippen LogP contribution in [0.15, 0.2) is 48.5 Å². The summed E-state index contributed by atoms with van der Waals surface area (Å²) in [7, 11) is -0.585. The first-order chi connectivity index (χ1) is 21.2. The van der Waals surface area contributed by atoms with Gasteiger partial charge < -0.3 is 24.7 Å². The largest absolute Gasteiger partial charge is 0.490 e. The third-order valence-electron chi connectivity index (χ3n) is 9.93. The maximum atomic E-state index is 14.6. The number of carbonyl (C=O) groups is 2. The number of ether oxygens (including phenoxy) is 1. The van der Waals surface area contributed by atoms with Crippen LogP contribution in [-0.2, 0) is 31.7 Å². The number of hydrogen-bond acceptors (Lipinski definition) is 6. The Labute approximate surface area is 266 Å². The highest BCUT2D eigenvalue weighted by atomic mass is 19.1. The minimum Gasteiger partial charge on any atom is -0.490 e. The van der Waals surface area contributed by atoms with Gasteiger partial charge in [0.05, 0.1) is 36.7 Å². The summed E-state index contributed by atoms with van der Waals surface area (Å²) in [4.78, 5) is 25.7. The first-order valence-electron chi connectivity index (χ1n) is 16.0. The van der Waals surface area contributed by atoms with Crippen molar-refractivity contribution in [3.63, 3.8) is 0 Å². The number of hydrogen-bond donors (Lipinski definition) is 2. The smallest absolute Gasteiger partial charge is 0.482 e. The molecule has 0 aromatic heterocycles. The molecule has 8 nitrogen and oxygen atoms in total. The van der Waals surface area contributed by atoms with E-state index in [1.807, 2.05) is 57.2 Å². The van der Waals surface area contributed by atoms with Crippen molar-refractivity contribution in [3.8, 4) is 11.8 Å². The lowest BCUT2D eigenvalue weighted by Gasteiger charge is -2.64. The topological polar surface area (TPSA) is 110 Å². The molecule has 4 aliphatic rings. The molecule has 1 saturated heterocycles. The Morgan fingerprint density at radius 2 is 1.84 bits per heavy atom. The first-order valence-corrected chi connectivity index (χ1v) is 16.0. The van der Waals surface area contributed by atoms with Crippen LogP contribution in [0.4, 0.5) is 4.39 Å². The Morgan fingerprint density at radius 3 is 2.51 bits per heavy atom. The standard InChI is InChI=1S/C35H45BFN3O5/c1-33(2,3)40-32(42)24(21-38)16-23-12-13-26(37)27(17-23)43-15-14-31(41)39-30(18-22-10-8-7-9-11-22)36-44-29-20-25-19-28(34(25,4)5)35(29,6)45-36/h7-13,17,24-25,28-30H,14-16,18-20H2,1-6H3,(H,39,41)(H,40,42)/t24?,25-,28-,29+,30-,35-/m0/s1. The van der Waals surface area contributed by atoms with Crippen molar-refractivity contribution >= 4 is 18.9 Å². The van der Waals surface area contributed by atoms with Crippen LogP contribution in [0.2, 0.25) is 0 Å². The summed E-state index contributed by atoms with van der Waals surface area (Å²) in [5.74, 6) is -1.58. The van der Waals surface area contributed by atoms with Crippen LogP contribution >= 0.6 is 0 Å². The number of nitrogens with one attached hydrogen (secondary N) is 2. The van der Waals surface area contributed by atoms with E-state index in [1.165, 1.54) is 18.2 Å². The van der Waals surface area contributed by atoms with Crippen molar-refractivity contribution in [3.05, 3.63) is 65.5 Å². The number of nitriles is 1. The fourth-order valence-corrected chi connectivity index (χ4v) is 7.36. The lowest BCUT2D eigenvalue weighted by Crippen LogP contribution is -2.65. The van der Waals surface area contributed by atoms with Gasteiger partial charge in [0.2, 0.25) is 11.8 Å². The second kappa shape index (κ2) is 12.8. The van der Waals surface area contributed by atoms with E-state index in [1.54, 1.807) is 0 Å². The van der Waals surface area contributed by atoms with Crippen LogP contribution in [0.25, 0.3) is 0 Å². The molecule has 2 bridgehead atoms. The van der Waals surface area contributed by atoms with Crippen molar-refractivity contribution in [1.82, 2.24) is 10.6 Å². The van der Waals surface area contributed by atoms with Gasteiger partial charge in [0, 0.05) is 5.54 Å². The molecule has 0 spiro atoms. The van der Waals surface area contributed by atoms with Crippen molar-refractivity contribution in [2.24, 2.45) is 23.2 Å². The summed E-state index contributed by atoms with van der Waals surface area (Å²) in [6, 6.07) is 16.2. The van der Waals surface area contributed by atoms with Crippen molar-refractivity contribution in [1.29, 1.82) is 5.26 Å². The Kier molecular flexibility index (Phi) is 9.35. The van der Waals surface area contributed by atoms with Gasteiger partial charge in [-0.15, -0.1) is 0 Å². The molecule has 2 amide bonds. The zero-order valence-electron chi connectivity index (χ0n) is 27.2. The Balaban J connectivity index is 1.20. The minimum atomic E-state index is -0.933. The van der Waals surface area contributed by atoms with E-state index >= 15 is 0 Å². The highest BCUT2D eigenvalue weighted by molar-refractivity contribution is 6.48. The molecule has 6 rings (SSSR count). The maximum Gasteiger partial charge on any atom is 0.482 e. The van der Waals surface area contributed by atoms with E-state index in [-0.39, 0.29) is 48.5 Å². The monoisotopic (exact) mass is 617 g/mol. The highest BCUT2D eigenvalue weighted by Gasteiger charge is 2.68.